The van der Waals surface area contributed by atoms with Crippen molar-refractivity contribution in [2.45, 2.75) is 58.0 Å². The summed E-state index contributed by atoms with van der Waals surface area (Å²) in [5.74, 6) is 1.33. The summed E-state index contributed by atoms with van der Waals surface area (Å²) in [6, 6.07) is 5.52. The van der Waals surface area contributed by atoms with Crippen molar-refractivity contribution in [3.8, 4) is 0 Å². The zero-order chi connectivity index (χ0) is 18.3. The van der Waals surface area contributed by atoms with E-state index in [-0.39, 0.29) is 17.2 Å². The van der Waals surface area contributed by atoms with Crippen molar-refractivity contribution in [2.24, 2.45) is 23.2 Å². The molecule has 1 atom stereocenters. The molecule has 0 aromatic heterocycles. The molecule has 5 heteroatoms. The summed E-state index contributed by atoms with van der Waals surface area (Å²) in [6.45, 7) is 1.58. The molecule has 1 amide bonds. The maximum Gasteiger partial charge on any atom is 0.307 e. The summed E-state index contributed by atoms with van der Waals surface area (Å²) in [5.41, 5.74) is 0.597. The Morgan fingerprint density at radius 3 is 2.19 bits per heavy atom. The van der Waals surface area contributed by atoms with Crippen LogP contribution in [0.4, 0.5) is 10.1 Å². The summed E-state index contributed by atoms with van der Waals surface area (Å²) >= 11 is 0. The van der Waals surface area contributed by atoms with Gasteiger partial charge in [0, 0.05) is 5.69 Å². The minimum Gasteiger partial charge on any atom is -0.453 e. The van der Waals surface area contributed by atoms with Crippen molar-refractivity contribution in [3.05, 3.63) is 30.1 Å². The number of anilines is 1. The number of hydrogen-bond donors (Lipinski definition) is 1. The largest absolute Gasteiger partial charge is 0.453 e. The average Bonchev–Trinajstić information content (AvgIpc) is 2.55. The maximum atomic E-state index is 12.9. The van der Waals surface area contributed by atoms with Gasteiger partial charge in [0.2, 0.25) is 0 Å². The van der Waals surface area contributed by atoms with Crippen LogP contribution in [0.25, 0.3) is 0 Å². The Bertz CT molecular complexity index is 664. The van der Waals surface area contributed by atoms with E-state index in [0.717, 1.165) is 37.0 Å². The first-order valence-electron chi connectivity index (χ1n) is 9.67. The van der Waals surface area contributed by atoms with Gasteiger partial charge in [-0.15, -0.1) is 0 Å². The number of nitrogens with one attached hydrogen (secondary N) is 1. The molecule has 26 heavy (non-hydrogen) atoms. The standard InChI is InChI=1S/C21H26FNO3/c1-13(20(25)23-18-4-2-17(22)3-5-18)26-19(24)12-21-9-14-6-15(10-21)8-16(7-14)11-21/h2-5,13-16H,6-12H2,1H3,(H,23,25). The highest BCUT2D eigenvalue weighted by Crippen LogP contribution is 2.61. The van der Waals surface area contributed by atoms with Gasteiger partial charge < -0.3 is 10.1 Å². The second-order valence-electron chi connectivity index (χ2n) is 8.72. The molecule has 1 N–H and O–H groups in total. The van der Waals surface area contributed by atoms with Gasteiger partial charge in [-0.05, 0) is 92.9 Å². The first kappa shape index (κ1) is 17.5. The number of esters is 1. The van der Waals surface area contributed by atoms with Crippen LogP contribution in [0.3, 0.4) is 0 Å². The fourth-order valence-electron chi connectivity index (χ4n) is 5.88. The Hall–Kier alpha value is -1.91. The Kier molecular flexibility index (Phi) is 4.49. The number of hydrogen-bond acceptors (Lipinski definition) is 3. The third kappa shape index (κ3) is 3.62. The highest BCUT2D eigenvalue weighted by molar-refractivity contribution is 5.95. The van der Waals surface area contributed by atoms with Gasteiger partial charge >= 0.3 is 5.97 Å². The van der Waals surface area contributed by atoms with E-state index in [1.165, 1.54) is 43.5 Å². The Morgan fingerprint density at radius 2 is 1.65 bits per heavy atom. The summed E-state index contributed by atoms with van der Waals surface area (Å²) in [7, 11) is 0. The minimum absolute atomic E-state index is 0.110. The van der Waals surface area contributed by atoms with E-state index in [0.29, 0.717) is 12.1 Å². The number of halogens is 1. The number of amides is 1. The smallest absolute Gasteiger partial charge is 0.307 e. The van der Waals surface area contributed by atoms with Crippen molar-refractivity contribution in [1.82, 2.24) is 0 Å². The lowest BCUT2D eigenvalue weighted by Gasteiger charge is -2.56. The summed E-state index contributed by atoms with van der Waals surface area (Å²) in [4.78, 5) is 24.7. The SMILES string of the molecule is CC(OC(=O)CC12CC3CC(CC(C3)C1)C2)C(=O)Nc1ccc(F)cc1. The number of benzene rings is 1. The molecule has 4 nitrogen and oxygen atoms in total. The van der Waals surface area contributed by atoms with Gasteiger partial charge in [-0.2, -0.15) is 0 Å². The number of carbonyl (C=O) groups is 2. The third-order valence-corrected chi connectivity index (χ3v) is 6.47. The molecule has 140 valence electrons. The molecule has 0 heterocycles. The molecule has 4 aliphatic rings. The summed E-state index contributed by atoms with van der Waals surface area (Å²) in [5, 5.41) is 2.65. The van der Waals surface area contributed by atoms with E-state index in [9.17, 15) is 14.0 Å². The van der Waals surface area contributed by atoms with Crippen LogP contribution in [0, 0.1) is 29.0 Å². The van der Waals surface area contributed by atoms with Crippen molar-refractivity contribution < 1.29 is 18.7 Å². The highest BCUT2D eigenvalue weighted by atomic mass is 19.1. The van der Waals surface area contributed by atoms with Gasteiger partial charge in [0.05, 0.1) is 6.42 Å². The normalized spacial score (nSPS) is 32.9. The van der Waals surface area contributed by atoms with Gasteiger partial charge in [0.1, 0.15) is 5.82 Å². The van der Waals surface area contributed by atoms with Gasteiger partial charge in [-0.3, -0.25) is 9.59 Å². The van der Waals surface area contributed by atoms with Crippen LogP contribution in [0.15, 0.2) is 24.3 Å². The second-order valence-corrected chi connectivity index (χ2v) is 8.72. The van der Waals surface area contributed by atoms with Crippen LogP contribution in [0.1, 0.15) is 51.9 Å². The van der Waals surface area contributed by atoms with Crippen LogP contribution in [-0.2, 0) is 14.3 Å². The highest BCUT2D eigenvalue weighted by Gasteiger charge is 2.51. The fourth-order valence-corrected chi connectivity index (χ4v) is 5.88. The molecule has 4 aliphatic carbocycles. The van der Waals surface area contributed by atoms with Gasteiger partial charge in [-0.1, -0.05) is 0 Å². The molecule has 1 aromatic carbocycles. The van der Waals surface area contributed by atoms with Gasteiger partial charge in [0.15, 0.2) is 6.10 Å². The molecule has 0 radical (unpaired) electrons. The van der Waals surface area contributed by atoms with E-state index in [4.69, 9.17) is 4.74 Å². The van der Waals surface area contributed by atoms with Crippen molar-refractivity contribution in [2.75, 3.05) is 5.32 Å². The van der Waals surface area contributed by atoms with Crippen molar-refractivity contribution in [3.63, 3.8) is 0 Å². The number of rotatable bonds is 5. The molecule has 0 saturated heterocycles. The first-order valence-corrected chi connectivity index (χ1v) is 9.67. The molecule has 4 bridgehead atoms. The molecule has 5 rings (SSSR count). The van der Waals surface area contributed by atoms with E-state index in [1.54, 1.807) is 6.92 Å². The van der Waals surface area contributed by atoms with Gasteiger partial charge in [-0.25, -0.2) is 4.39 Å². The molecular weight excluding hydrogens is 333 g/mol. The Morgan fingerprint density at radius 1 is 1.12 bits per heavy atom. The second kappa shape index (κ2) is 6.67. The van der Waals surface area contributed by atoms with E-state index in [1.807, 2.05) is 0 Å². The van der Waals surface area contributed by atoms with Gasteiger partial charge in [0.25, 0.3) is 5.91 Å². The fraction of sp³-hybridized carbons (Fsp3) is 0.619. The van der Waals surface area contributed by atoms with E-state index < -0.39 is 12.0 Å². The Labute approximate surface area is 153 Å². The average molecular weight is 359 g/mol. The topological polar surface area (TPSA) is 55.4 Å². The molecule has 1 unspecified atom stereocenters. The van der Waals surface area contributed by atoms with Crippen molar-refractivity contribution in [1.29, 1.82) is 0 Å². The van der Waals surface area contributed by atoms with E-state index in [2.05, 4.69) is 5.32 Å². The van der Waals surface area contributed by atoms with Crippen LogP contribution in [0.5, 0.6) is 0 Å². The van der Waals surface area contributed by atoms with Crippen LogP contribution in [0.2, 0.25) is 0 Å². The zero-order valence-electron chi connectivity index (χ0n) is 15.2. The lowest BCUT2D eigenvalue weighted by molar-refractivity contribution is -0.160. The molecule has 4 saturated carbocycles. The summed E-state index contributed by atoms with van der Waals surface area (Å²) in [6.07, 6.45) is 7.02. The molecular formula is C21H26FNO3. The van der Waals surface area contributed by atoms with E-state index >= 15 is 0 Å². The maximum absolute atomic E-state index is 12.9. The predicted octanol–water partition coefficient (Wildman–Crippen LogP) is 4.30. The zero-order valence-corrected chi connectivity index (χ0v) is 15.2. The first-order chi connectivity index (χ1) is 12.4. The number of carbonyl (C=O) groups excluding carboxylic acids is 2. The lowest BCUT2D eigenvalue weighted by atomic mass is 9.49. The monoisotopic (exact) mass is 359 g/mol. The van der Waals surface area contributed by atoms with Crippen LogP contribution >= 0.6 is 0 Å². The molecule has 0 spiro atoms. The summed E-state index contributed by atoms with van der Waals surface area (Å²) < 4.78 is 18.3. The predicted molar refractivity (Wildman–Crippen MR) is 95.8 cm³/mol. The lowest BCUT2D eigenvalue weighted by Crippen LogP contribution is -2.47. The quantitative estimate of drug-likeness (QED) is 0.798. The number of ether oxygens (including phenoxy) is 1. The molecule has 1 aromatic rings. The minimum atomic E-state index is -0.860. The van der Waals surface area contributed by atoms with Crippen LogP contribution < -0.4 is 5.32 Å². The third-order valence-electron chi connectivity index (χ3n) is 6.47. The van der Waals surface area contributed by atoms with Crippen LogP contribution in [-0.4, -0.2) is 18.0 Å². The van der Waals surface area contributed by atoms with Crippen molar-refractivity contribution >= 4 is 17.6 Å². The Balaban J connectivity index is 1.31. The molecule has 0 aliphatic heterocycles. The molecule has 4 fully saturated rings.